The van der Waals surface area contributed by atoms with Crippen LogP contribution < -0.4 is 40.2 Å². The van der Waals surface area contributed by atoms with Crippen molar-refractivity contribution in [2.45, 2.75) is 24.8 Å². The fraction of sp³-hybridized carbons (Fsp3) is 0.400. The van der Waals surface area contributed by atoms with Crippen LogP contribution in [0.5, 0.6) is 0 Å². The average Bonchev–Trinajstić information content (AvgIpc) is 2.22. The van der Waals surface area contributed by atoms with Crippen LogP contribution >= 0.6 is 0 Å². The molecule has 102 valence electrons. The Labute approximate surface area is 134 Å². The molecular weight excluding hydrogens is 283 g/mol. The van der Waals surface area contributed by atoms with E-state index in [2.05, 4.69) is 18.5 Å². The van der Waals surface area contributed by atoms with Crippen molar-refractivity contribution >= 4 is 21.9 Å². The quantitative estimate of drug-likeness (QED) is 0.297. The fourth-order valence-electron chi connectivity index (χ4n) is 1.24. The van der Waals surface area contributed by atoms with Gasteiger partial charge in [0.2, 0.25) is 11.8 Å². The van der Waals surface area contributed by atoms with Gasteiger partial charge < -0.3 is 15.2 Å². The Balaban J connectivity index is 0. The van der Waals surface area contributed by atoms with E-state index >= 15 is 0 Å². The average molecular weight is 298 g/mol. The van der Waals surface area contributed by atoms with Crippen LogP contribution in [0, 0.1) is 0 Å². The number of hydrogen-bond acceptors (Lipinski definition) is 5. The smallest absolute Gasteiger partial charge is 0.746 e. The zero-order valence-electron chi connectivity index (χ0n) is 11.1. The number of carbonyl (C=O) groups is 2. The van der Waals surface area contributed by atoms with Gasteiger partial charge in [0.15, 0.2) is 0 Å². The van der Waals surface area contributed by atoms with E-state index in [1.165, 1.54) is 13.8 Å². The summed E-state index contributed by atoms with van der Waals surface area (Å²) in [4.78, 5) is 22.3. The van der Waals surface area contributed by atoms with Crippen LogP contribution in [0.4, 0.5) is 0 Å². The van der Waals surface area contributed by atoms with Gasteiger partial charge in [-0.3, -0.25) is 9.59 Å². The molecule has 7 nitrogen and oxygen atoms in total. The number of hydrogen-bond donors (Lipinski definition) is 2. The third-order valence-electron chi connectivity index (χ3n) is 2.03. The van der Waals surface area contributed by atoms with Crippen molar-refractivity contribution in [3.8, 4) is 0 Å². The Morgan fingerprint density at radius 3 is 1.95 bits per heavy atom. The van der Waals surface area contributed by atoms with E-state index in [-0.39, 0.29) is 29.6 Å². The maximum Gasteiger partial charge on any atom is 1.00 e. The van der Waals surface area contributed by atoms with Gasteiger partial charge in [0.25, 0.3) is 0 Å². The van der Waals surface area contributed by atoms with E-state index in [4.69, 9.17) is 0 Å². The third-order valence-corrected chi connectivity index (χ3v) is 3.32. The Bertz CT molecular complexity index is 472. The van der Waals surface area contributed by atoms with E-state index in [1.54, 1.807) is 0 Å². The molecule has 0 aliphatic heterocycles. The predicted octanol–water partition coefficient (Wildman–Crippen LogP) is -3.76. The van der Waals surface area contributed by atoms with Gasteiger partial charge in [0, 0.05) is 0 Å². The van der Waals surface area contributed by atoms with Crippen molar-refractivity contribution in [1.82, 2.24) is 10.6 Å². The van der Waals surface area contributed by atoms with Gasteiger partial charge >= 0.3 is 29.6 Å². The molecule has 0 fully saturated rings. The van der Waals surface area contributed by atoms with Gasteiger partial charge in [-0.1, -0.05) is 13.2 Å². The molecule has 0 heterocycles. The SMILES string of the molecule is C=CC(=O)NC(C(C)(C)NC(=O)C=C)S(=O)(=O)[O-].[Na+]. The second-order valence-electron chi connectivity index (χ2n) is 4.00. The molecule has 0 aliphatic rings. The molecule has 0 radical (unpaired) electrons. The summed E-state index contributed by atoms with van der Waals surface area (Å²) in [7, 11) is -4.86. The first-order valence-electron chi connectivity index (χ1n) is 4.87. The van der Waals surface area contributed by atoms with Crippen LogP contribution in [0.2, 0.25) is 0 Å². The van der Waals surface area contributed by atoms with E-state index in [0.29, 0.717) is 0 Å². The maximum atomic E-state index is 11.2. The molecule has 0 bridgehead atoms. The standard InChI is InChI=1S/C10H16N2O5S.Na/c1-5-7(13)11-9(18(15,16)17)10(3,4)12-8(14)6-2;/h5-6,9H,1-2H2,3-4H3,(H,11,13)(H,12,14)(H,15,16,17);/q;+1/p-1. The molecule has 9 heteroatoms. The summed E-state index contributed by atoms with van der Waals surface area (Å²) in [5.74, 6) is -1.50. The summed E-state index contributed by atoms with van der Waals surface area (Å²) in [6.07, 6.45) is 1.75. The number of rotatable bonds is 6. The monoisotopic (exact) mass is 298 g/mol. The van der Waals surface area contributed by atoms with Crippen molar-refractivity contribution < 1.29 is 52.1 Å². The number of nitrogens with one attached hydrogen (secondary N) is 2. The van der Waals surface area contributed by atoms with E-state index < -0.39 is 32.8 Å². The molecule has 1 unspecified atom stereocenters. The van der Waals surface area contributed by atoms with Gasteiger partial charge in [-0.05, 0) is 26.0 Å². The van der Waals surface area contributed by atoms with Crippen molar-refractivity contribution in [1.29, 1.82) is 0 Å². The molecular formula is C10H15N2NaO5S. The zero-order chi connectivity index (χ0) is 14.6. The normalized spacial score (nSPS) is 12.6. The Morgan fingerprint density at radius 1 is 1.21 bits per heavy atom. The van der Waals surface area contributed by atoms with Crippen molar-refractivity contribution in [2.75, 3.05) is 0 Å². The van der Waals surface area contributed by atoms with Crippen molar-refractivity contribution in [3.05, 3.63) is 25.3 Å². The van der Waals surface area contributed by atoms with Crippen LogP contribution in [0.15, 0.2) is 25.3 Å². The minimum atomic E-state index is -4.86. The predicted molar refractivity (Wildman–Crippen MR) is 64.2 cm³/mol. The first-order valence-corrected chi connectivity index (χ1v) is 6.34. The van der Waals surface area contributed by atoms with Crippen molar-refractivity contribution in [2.24, 2.45) is 0 Å². The summed E-state index contributed by atoms with van der Waals surface area (Å²) in [5.41, 5.74) is -1.50. The zero-order valence-corrected chi connectivity index (χ0v) is 13.9. The van der Waals surface area contributed by atoms with Gasteiger partial charge in [0.05, 0.1) is 5.54 Å². The first-order chi connectivity index (χ1) is 8.04. The molecule has 0 rings (SSSR count). The van der Waals surface area contributed by atoms with E-state index in [9.17, 15) is 22.6 Å². The van der Waals surface area contributed by atoms with Gasteiger partial charge in [0.1, 0.15) is 15.5 Å². The van der Waals surface area contributed by atoms with Gasteiger partial charge in [-0.2, -0.15) is 0 Å². The van der Waals surface area contributed by atoms with Crippen molar-refractivity contribution in [3.63, 3.8) is 0 Å². The maximum absolute atomic E-state index is 11.2. The van der Waals surface area contributed by atoms with Crippen LogP contribution in [-0.2, 0) is 19.7 Å². The molecule has 0 aliphatic carbocycles. The minimum Gasteiger partial charge on any atom is -0.746 e. The van der Waals surface area contributed by atoms with Gasteiger partial charge in [-0.25, -0.2) is 8.42 Å². The molecule has 0 saturated heterocycles. The largest absolute Gasteiger partial charge is 1.00 e. The molecule has 1 atom stereocenters. The molecule has 0 saturated carbocycles. The molecule has 0 spiro atoms. The van der Waals surface area contributed by atoms with Crippen LogP contribution in [0.1, 0.15) is 13.8 Å². The molecule has 0 aromatic carbocycles. The van der Waals surface area contributed by atoms with Crippen LogP contribution in [-0.4, -0.2) is 35.7 Å². The van der Waals surface area contributed by atoms with Gasteiger partial charge in [-0.15, -0.1) is 0 Å². The van der Waals surface area contributed by atoms with Crippen LogP contribution in [0.25, 0.3) is 0 Å². The molecule has 2 N–H and O–H groups in total. The third kappa shape index (κ3) is 6.88. The summed E-state index contributed by atoms with van der Waals surface area (Å²) in [6, 6.07) is 0. The Morgan fingerprint density at radius 2 is 1.63 bits per heavy atom. The second-order valence-corrected chi connectivity index (χ2v) is 5.46. The summed E-state index contributed by atoms with van der Waals surface area (Å²) >= 11 is 0. The Hall–Kier alpha value is -0.670. The summed E-state index contributed by atoms with van der Waals surface area (Å²) in [6.45, 7) is 8.92. The fourth-order valence-corrected chi connectivity index (χ4v) is 2.28. The van der Waals surface area contributed by atoms with E-state index in [1.807, 2.05) is 5.32 Å². The summed E-state index contributed by atoms with van der Waals surface area (Å²) in [5, 5.41) is 2.41. The number of carbonyl (C=O) groups excluding carboxylic acids is 2. The summed E-state index contributed by atoms with van der Waals surface area (Å²) < 4.78 is 33.4. The van der Waals surface area contributed by atoms with Crippen LogP contribution in [0.3, 0.4) is 0 Å². The topological polar surface area (TPSA) is 115 Å². The Kier molecular flexibility index (Phi) is 8.48. The first kappa shape index (κ1) is 20.6. The molecule has 0 aromatic rings. The molecule has 2 amide bonds. The second kappa shape index (κ2) is 7.81. The number of amides is 2. The molecule has 19 heavy (non-hydrogen) atoms. The molecule has 0 aromatic heterocycles. The minimum absolute atomic E-state index is 0. The van der Waals surface area contributed by atoms with E-state index in [0.717, 1.165) is 12.2 Å².